The molecular weight excluding hydrogens is 262 g/mol. The fourth-order valence-corrected chi connectivity index (χ4v) is 2.73. The molecule has 1 heterocycles. The van der Waals surface area contributed by atoms with Crippen LogP contribution in [0.4, 0.5) is 0 Å². The van der Waals surface area contributed by atoms with Gasteiger partial charge in [0.05, 0.1) is 6.04 Å². The largest absolute Gasteiger partial charge is 0.459 e. The highest BCUT2D eigenvalue weighted by molar-refractivity contribution is 5.82. The number of benzene rings is 1. The molecule has 2 aromatic rings. The molecule has 3 rings (SSSR count). The van der Waals surface area contributed by atoms with E-state index in [9.17, 15) is 0 Å². The van der Waals surface area contributed by atoms with Crippen LogP contribution in [0.2, 0.25) is 0 Å². The number of fused-ring (bicyclic) bond motifs is 1. The van der Waals surface area contributed by atoms with Gasteiger partial charge in [-0.15, -0.1) is 0 Å². The molecule has 0 amide bonds. The zero-order valence-corrected chi connectivity index (χ0v) is 13.0. The fourth-order valence-electron chi connectivity index (χ4n) is 2.73. The molecule has 1 aliphatic rings. The van der Waals surface area contributed by atoms with Gasteiger partial charge in [0.25, 0.3) is 0 Å². The first kappa shape index (κ1) is 14.6. The van der Waals surface area contributed by atoms with Crippen LogP contribution < -0.4 is 5.32 Å². The number of rotatable bonds is 8. The van der Waals surface area contributed by atoms with Crippen molar-refractivity contribution < 1.29 is 9.15 Å². The number of hydrogen-bond acceptors (Lipinski definition) is 3. The Bertz CT molecular complexity index is 586. The van der Waals surface area contributed by atoms with E-state index >= 15 is 0 Å². The van der Waals surface area contributed by atoms with Crippen molar-refractivity contribution in [1.82, 2.24) is 5.32 Å². The van der Waals surface area contributed by atoms with Crippen LogP contribution in [0.25, 0.3) is 11.0 Å². The van der Waals surface area contributed by atoms with Crippen LogP contribution in [0.1, 0.15) is 43.6 Å². The smallest absolute Gasteiger partial charge is 0.134 e. The van der Waals surface area contributed by atoms with E-state index in [1.54, 1.807) is 0 Å². The molecule has 0 spiro atoms. The van der Waals surface area contributed by atoms with Gasteiger partial charge in [-0.05, 0) is 57.2 Å². The van der Waals surface area contributed by atoms with Gasteiger partial charge < -0.3 is 14.5 Å². The molecule has 0 radical (unpaired) electrons. The average Bonchev–Trinajstić information content (AvgIpc) is 3.26. The summed E-state index contributed by atoms with van der Waals surface area (Å²) >= 11 is 0. The summed E-state index contributed by atoms with van der Waals surface area (Å²) in [5, 5.41) is 4.75. The second-order valence-corrected chi connectivity index (χ2v) is 6.14. The van der Waals surface area contributed by atoms with Crippen LogP contribution in [0, 0.1) is 12.8 Å². The van der Waals surface area contributed by atoms with Gasteiger partial charge >= 0.3 is 0 Å². The highest BCUT2D eigenvalue weighted by Gasteiger charge is 2.21. The van der Waals surface area contributed by atoms with E-state index in [0.717, 1.165) is 43.4 Å². The molecule has 1 aromatic carbocycles. The van der Waals surface area contributed by atoms with E-state index in [2.05, 4.69) is 31.3 Å². The Morgan fingerprint density at radius 2 is 2.14 bits per heavy atom. The number of furan rings is 1. The van der Waals surface area contributed by atoms with Gasteiger partial charge in [-0.2, -0.15) is 0 Å². The molecule has 21 heavy (non-hydrogen) atoms. The topological polar surface area (TPSA) is 34.4 Å². The summed E-state index contributed by atoms with van der Waals surface area (Å²) in [7, 11) is 0. The molecule has 1 atom stereocenters. The zero-order chi connectivity index (χ0) is 14.7. The molecule has 1 unspecified atom stereocenters. The minimum Gasteiger partial charge on any atom is -0.459 e. The van der Waals surface area contributed by atoms with Gasteiger partial charge in [-0.25, -0.2) is 0 Å². The summed E-state index contributed by atoms with van der Waals surface area (Å²) in [5.74, 6) is 1.91. The summed E-state index contributed by atoms with van der Waals surface area (Å²) in [5.41, 5.74) is 2.22. The van der Waals surface area contributed by atoms with Crippen LogP contribution in [-0.4, -0.2) is 19.8 Å². The van der Waals surface area contributed by atoms with Crippen molar-refractivity contribution in [2.75, 3.05) is 19.8 Å². The predicted octanol–water partition coefficient (Wildman–Crippen LogP) is 4.21. The molecule has 1 aromatic heterocycles. The number of aryl methyl sites for hydroxylation is 1. The quantitative estimate of drug-likeness (QED) is 0.739. The van der Waals surface area contributed by atoms with Crippen LogP contribution >= 0.6 is 0 Å². The molecule has 3 nitrogen and oxygen atoms in total. The lowest BCUT2D eigenvalue weighted by molar-refractivity contribution is 0.121. The maximum atomic E-state index is 5.98. The molecule has 3 heteroatoms. The third-order valence-corrected chi connectivity index (χ3v) is 4.24. The zero-order valence-electron chi connectivity index (χ0n) is 13.0. The molecule has 1 saturated carbocycles. The lowest BCUT2D eigenvalue weighted by Crippen LogP contribution is -2.21. The third kappa shape index (κ3) is 3.66. The van der Waals surface area contributed by atoms with Crippen molar-refractivity contribution in [2.24, 2.45) is 5.92 Å². The highest BCUT2D eigenvalue weighted by atomic mass is 16.5. The molecule has 1 N–H and O–H groups in total. The highest BCUT2D eigenvalue weighted by Crippen LogP contribution is 2.29. The van der Waals surface area contributed by atoms with E-state index in [4.69, 9.17) is 9.15 Å². The van der Waals surface area contributed by atoms with Gasteiger partial charge in [0.2, 0.25) is 0 Å². The van der Waals surface area contributed by atoms with Crippen molar-refractivity contribution in [1.29, 1.82) is 0 Å². The van der Waals surface area contributed by atoms with Gasteiger partial charge in [-0.1, -0.05) is 18.2 Å². The second-order valence-electron chi connectivity index (χ2n) is 6.14. The van der Waals surface area contributed by atoms with Gasteiger partial charge in [-0.3, -0.25) is 0 Å². The monoisotopic (exact) mass is 287 g/mol. The molecule has 0 aliphatic heterocycles. The van der Waals surface area contributed by atoms with Crippen molar-refractivity contribution in [3.8, 4) is 0 Å². The van der Waals surface area contributed by atoms with E-state index in [1.165, 1.54) is 23.8 Å². The normalized spacial score (nSPS) is 16.5. The summed E-state index contributed by atoms with van der Waals surface area (Å²) in [6, 6.07) is 8.47. The Balaban J connectivity index is 1.47. The SMILES string of the molecule is Cc1c(C(C)NCCCOCC2CC2)oc2ccccc12. The van der Waals surface area contributed by atoms with Crippen LogP contribution in [0.3, 0.4) is 0 Å². The van der Waals surface area contributed by atoms with Gasteiger partial charge in [0.1, 0.15) is 11.3 Å². The molecular formula is C18H25NO2. The summed E-state index contributed by atoms with van der Waals surface area (Å²) in [6.07, 6.45) is 3.78. The molecule has 114 valence electrons. The fraction of sp³-hybridized carbons (Fsp3) is 0.556. The Kier molecular flexibility index (Phi) is 4.61. The van der Waals surface area contributed by atoms with Crippen molar-refractivity contribution >= 4 is 11.0 Å². The van der Waals surface area contributed by atoms with E-state index in [1.807, 2.05) is 12.1 Å². The van der Waals surface area contributed by atoms with Crippen LogP contribution in [-0.2, 0) is 4.74 Å². The van der Waals surface area contributed by atoms with E-state index in [-0.39, 0.29) is 6.04 Å². The third-order valence-electron chi connectivity index (χ3n) is 4.24. The van der Waals surface area contributed by atoms with Crippen molar-refractivity contribution in [2.45, 2.75) is 39.2 Å². The Hall–Kier alpha value is -1.32. The number of nitrogens with one attached hydrogen (secondary N) is 1. The predicted molar refractivity (Wildman–Crippen MR) is 85.5 cm³/mol. The van der Waals surface area contributed by atoms with Gasteiger partial charge in [0, 0.05) is 18.6 Å². The summed E-state index contributed by atoms with van der Waals surface area (Å²) in [4.78, 5) is 0. The average molecular weight is 287 g/mol. The summed E-state index contributed by atoms with van der Waals surface area (Å²) < 4.78 is 11.6. The first-order valence-electron chi connectivity index (χ1n) is 8.05. The lowest BCUT2D eigenvalue weighted by atomic mass is 10.1. The maximum Gasteiger partial charge on any atom is 0.134 e. The minimum atomic E-state index is 0.237. The Morgan fingerprint density at radius 1 is 1.33 bits per heavy atom. The van der Waals surface area contributed by atoms with Crippen LogP contribution in [0.5, 0.6) is 0 Å². The Morgan fingerprint density at radius 3 is 2.90 bits per heavy atom. The summed E-state index contributed by atoms with van der Waals surface area (Å²) in [6.45, 7) is 7.07. The molecule has 0 bridgehead atoms. The number of para-hydroxylation sites is 1. The van der Waals surface area contributed by atoms with Crippen LogP contribution in [0.15, 0.2) is 28.7 Å². The Labute approximate surface area is 126 Å². The van der Waals surface area contributed by atoms with Crippen molar-refractivity contribution in [3.05, 3.63) is 35.6 Å². The van der Waals surface area contributed by atoms with E-state index in [0.29, 0.717) is 0 Å². The molecule has 0 saturated heterocycles. The number of hydrogen-bond donors (Lipinski definition) is 1. The standard InChI is InChI=1S/C18H25NO2/c1-13-16-6-3-4-7-17(16)21-18(13)14(2)19-10-5-11-20-12-15-8-9-15/h3-4,6-7,14-15,19H,5,8-12H2,1-2H3. The minimum absolute atomic E-state index is 0.237. The first-order valence-corrected chi connectivity index (χ1v) is 8.05. The second kappa shape index (κ2) is 6.63. The first-order chi connectivity index (χ1) is 10.3. The number of ether oxygens (including phenoxy) is 1. The lowest BCUT2D eigenvalue weighted by Gasteiger charge is -2.12. The van der Waals surface area contributed by atoms with E-state index < -0.39 is 0 Å². The molecule has 1 aliphatic carbocycles. The van der Waals surface area contributed by atoms with Gasteiger partial charge in [0.15, 0.2) is 0 Å². The maximum absolute atomic E-state index is 5.98. The molecule has 1 fully saturated rings. The van der Waals surface area contributed by atoms with Crippen molar-refractivity contribution in [3.63, 3.8) is 0 Å².